The molecule has 0 aromatic carbocycles. The number of nitrogens with two attached hydrogens (primary N) is 1. The van der Waals surface area contributed by atoms with Crippen molar-refractivity contribution in [3.63, 3.8) is 0 Å². The van der Waals surface area contributed by atoms with Gasteiger partial charge in [0.1, 0.15) is 0 Å². The fourth-order valence-corrected chi connectivity index (χ4v) is 2.00. The Bertz CT molecular complexity index is 502. The van der Waals surface area contributed by atoms with Gasteiger partial charge in [-0.1, -0.05) is 6.07 Å². The molecule has 0 saturated carbocycles. The van der Waals surface area contributed by atoms with Gasteiger partial charge in [0.25, 0.3) is 0 Å². The van der Waals surface area contributed by atoms with Gasteiger partial charge in [0.15, 0.2) is 0 Å². The lowest BCUT2D eigenvalue weighted by Crippen LogP contribution is -2.22. The van der Waals surface area contributed by atoms with Crippen molar-refractivity contribution >= 4 is 0 Å². The summed E-state index contributed by atoms with van der Waals surface area (Å²) in [5, 5.41) is 4.57. The Morgan fingerprint density at radius 3 is 2.59 bits per heavy atom. The largest absolute Gasteiger partial charge is 0.328 e. The van der Waals surface area contributed by atoms with Gasteiger partial charge in [-0.05, 0) is 38.0 Å². The zero-order valence-electron chi connectivity index (χ0n) is 10.5. The van der Waals surface area contributed by atoms with Gasteiger partial charge in [-0.2, -0.15) is 5.10 Å². The summed E-state index contributed by atoms with van der Waals surface area (Å²) in [6.07, 6.45) is 3.62. The molecule has 4 nitrogen and oxygen atoms in total. The minimum absolute atomic E-state index is 0.0658. The Balaban J connectivity index is 2.46. The maximum atomic E-state index is 5.88. The molecule has 0 spiro atoms. The maximum absolute atomic E-state index is 5.88. The Kier molecular flexibility index (Phi) is 3.24. The Morgan fingerprint density at radius 2 is 2.12 bits per heavy atom. The highest BCUT2D eigenvalue weighted by molar-refractivity contribution is 5.25. The molecule has 17 heavy (non-hydrogen) atoms. The Hall–Kier alpha value is -1.68. The lowest BCUT2D eigenvalue weighted by atomic mass is 10.1. The van der Waals surface area contributed by atoms with Gasteiger partial charge in [-0.15, -0.1) is 0 Å². The van der Waals surface area contributed by atoms with Crippen LogP contribution in [0.2, 0.25) is 0 Å². The van der Waals surface area contributed by atoms with Crippen LogP contribution in [0, 0.1) is 20.8 Å². The summed E-state index contributed by atoms with van der Waals surface area (Å²) < 4.78 is 2.00. The summed E-state index contributed by atoms with van der Waals surface area (Å²) in [5.41, 5.74) is 10.4. The molecular weight excluding hydrogens is 212 g/mol. The quantitative estimate of drug-likeness (QED) is 0.874. The van der Waals surface area contributed by atoms with E-state index >= 15 is 0 Å². The molecule has 1 atom stereocenters. The maximum Gasteiger partial charge on any atom is 0.0908 e. The number of aromatic nitrogens is 3. The molecule has 0 saturated heterocycles. The molecule has 2 heterocycles. The molecule has 4 heteroatoms. The smallest absolute Gasteiger partial charge is 0.0908 e. The Labute approximate surface area is 101 Å². The van der Waals surface area contributed by atoms with E-state index in [1.54, 1.807) is 6.20 Å². The molecule has 0 amide bonds. The first-order valence-corrected chi connectivity index (χ1v) is 5.77. The van der Waals surface area contributed by atoms with E-state index in [2.05, 4.69) is 23.9 Å². The molecule has 0 fully saturated rings. The van der Waals surface area contributed by atoms with Crippen molar-refractivity contribution in [2.75, 3.05) is 6.54 Å². The average Bonchev–Trinajstić information content (AvgIpc) is 2.60. The van der Waals surface area contributed by atoms with Crippen LogP contribution in [0.25, 0.3) is 0 Å². The van der Waals surface area contributed by atoms with Crippen molar-refractivity contribution in [3.8, 4) is 0 Å². The second kappa shape index (κ2) is 4.67. The molecule has 1 unspecified atom stereocenters. The second-order valence-electron chi connectivity index (χ2n) is 4.28. The predicted molar refractivity (Wildman–Crippen MR) is 67.9 cm³/mol. The van der Waals surface area contributed by atoms with Crippen molar-refractivity contribution < 1.29 is 0 Å². The van der Waals surface area contributed by atoms with Crippen molar-refractivity contribution in [1.29, 1.82) is 0 Å². The average molecular weight is 230 g/mol. The molecule has 0 aliphatic heterocycles. The van der Waals surface area contributed by atoms with Gasteiger partial charge in [0.2, 0.25) is 0 Å². The van der Waals surface area contributed by atoms with Crippen LogP contribution in [0.1, 0.15) is 28.6 Å². The first kappa shape index (κ1) is 11.8. The van der Waals surface area contributed by atoms with Crippen LogP contribution in [-0.4, -0.2) is 21.3 Å². The zero-order chi connectivity index (χ0) is 12.4. The van der Waals surface area contributed by atoms with Gasteiger partial charge >= 0.3 is 0 Å². The van der Waals surface area contributed by atoms with Gasteiger partial charge in [0.05, 0.1) is 11.7 Å². The molecule has 2 N–H and O–H groups in total. The van der Waals surface area contributed by atoms with E-state index in [1.807, 2.05) is 29.9 Å². The minimum Gasteiger partial charge on any atom is -0.328 e. The van der Waals surface area contributed by atoms with E-state index in [1.165, 1.54) is 11.3 Å². The predicted octanol–water partition coefficient (Wildman–Crippen LogP) is 1.75. The minimum atomic E-state index is 0.0658. The van der Waals surface area contributed by atoms with E-state index < -0.39 is 0 Å². The molecular formula is C13H18N4. The highest BCUT2D eigenvalue weighted by Gasteiger charge is 2.17. The SMILES string of the molecule is Cc1nn(C(CN)c2cccnc2)c(C)c1C. The lowest BCUT2D eigenvalue weighted by Gasteiger charge is -2.17. The van der Waals surface area contributed by atoms with Crippen molar-refractivity contribution in [2.45, 2.75) is 26.8 Å². The van der Waals surface area contributed by atoms with Crippen LogP contribution >= 0.6 is 0 Å². The number of rotatable bonds is 3. The van der Waals surface area contributed by atoms with E-state index in [0.717, 1.165) is 11.3 Å². The van der Waals surface area contributed by atoms with Crippen LogP contribution in [0.3, 0.4) is 0 Å². The number of hydrogen-bond donors (Lipinski definition) is 1. The third kappa shape index (κ3) is 2.08. The molecule has 90 valence electrons. The molecule has 0 aliphatic rings. The molecule has 2 aromatic rings. The Morgan fingerprint density at radius 1 is 1.35 bits per heavy atom. The normalized spacial score (nSPS) is 12.7. The monoisotopic (exact) mass is 230 g/mol. The van der Waals surface area contributed by atoms with Gasteiger partial charge in [0, 0.05) is 24.6 Å². The highest BCUT2D eigenvalue weighted by atomic mass is 15.3. The van der Waals surface area contributed by atoms with Crippen LogP contribution in [0.4, 0.5) is 0 Å². The fourth-order valence-electron chi connectivity index (χ4n) is 2.00. The number of aryl methyl sites for hydroxylation is 1. The summed E-state index contributed by atoms with van der Waals surface area (Å²) in [6, 6.07) is 4.03. The van der Waals surface area contributed by atoms with Crippen LogP contribution < -0.4 is 5.73 Å². The van der Waals surface area contributed by atoms with E-state index in [9.17, 15) is 0 Å². The third-order valence-electron chi connectivity index (χ3n) is 3.27. The second-order valence-corrected chi connectivity index (χ2v) is 4.28. The van der Waals surface area contributed by atoms with Gasteiger partial charge in [-0.3, -0.25) is 9.67 Å². The third-order valence-corrected chi connectivity index (χ3v) is 3.27. The molecule has 0 bridgehead atoms. The first-order chi connectivity index (χ1) is 8.15. The summed E-state index contributed by atoms with van der Waals surface area (Å²) in [6.45, 7) is 6.71. The van der Waals surface area contributed by atoms with Crippen LogP contribution in [0.5, 0.6) is 0 Å². The summed E-state index contributed by atoms with van der Waals surface area (Å²) in [4.78, 5) is 4.14. The van der Waals surface area contributed by atoms with E-state index in [-0.39, 0.29) is 6.04 Å². The topological polar surface area (TPSA) is 56.7 Å². The highest BCUT2D eigenvalue weighted by Crippen LogP contribution is 2.21. The number of hydrogen-bond acceptors (Lipinski definition) is 3. The van der Waals surface area contributed by atoms with Gasteiger partial charge in [-0.25, -0.2) is 0 Å². The fraction of sp³-hybridized carbons (Fsp3) is 0.385. The summed E-state index contributed by atoms with van der Waals surface area (Å²) >= 11 is 0. The summed E-state index contributed by atoms with van der Waals surface area (Å²) in [7, 11) is 0. The van der Waals surface area contributed by atoms with Crippen LogP contribution in [0.15, 0.2) is 24.5 Å². The van der Waals surface area contributed by atoms with Crippen molar-refractivity contribution in [2.24, 2.45) is 5.73 Å². The van der Waals surface area contributed by atoms with Crippen molar-refractivity contribution in [1.82, 2.24) is 14.8 Å². The number of pyridine rings is 1. The molecule has 0 aliphatic carbocycles. The van der Waals surface area contributed by atoms with E-state index in [4.69, 9.17) is 5.73 Å². The zero-order valence-corrected chi connectivity index (χ0v) is 10.5. The molecule has 0 radical (unpaired) electrons. The molecule has 2 aromatic heterocycles. The van der Waals surface area contributed by atoms with Crippen LogP contribution in [-0.2, 0) is 0 Å². The van der Waals surface area contributed by atoms with Gasteiger partial charge < -0.3 is 5.73 Å². The lowest BCUT2D eigenvalue weighted by molar-refractivity contribution is 0.515. The van der Waals surface area contributed by atoms with E-state index in [0.29, 0.717) is 6.54 Å². The van der Waals surface area contributed by atoms with Crippen molar-refractivity contribution in [3.05, 3.63) is 47.0 Å². The number of nitrogens with zero attached hydrogens (tertiary/aromatic N) is 3. The molecule has 2 rings (SSSR count). The standard InChI is InChI=1S/C13H18N4/c1-9-10(2)16-17(11(9)3)13(7-14)12-5-4-6-15-8-12/h4-6,8,13H,7,14H2,1-3H3. The first-order valence-electron chi connectivity index (χ1n) is 5.77. The summed E-state index contributed by atoms with van der Waals surface area (Å²) in [5.74, 6) is 0.